The number of oxazole rings is 1. The number of ether oxygens (including phenoxy) is 1. The summed E-state index contributed by atoms with van der Waals surface area (Å²) in [5.74, 6) is 0.794. The van der Waals surface area contributed by atoms with Crippen LogP contribution in [0.5, 0.6) is 6.08 Å². The molecule has 1 aliphatic carbocycles. The highest BCUT2D eigenvalue weighted by atomic mass is 16.6. The van der Waals surface area contributed by atoms with Crippen molar-refractivity contribution >= 4 is 0 Å². The van der Waals surface area contributed by atoms with Crippen LogP contribution in [0.3, 0.4) is 0 Å². The maximum Gasteiger partial charge on any atom is 0.394 e. The van der Waals surface area contributed by atoms with Crippen LogP contribution in [-0.2, 0) is 6.54 Å². The second-order valence-electron chi connectivity index (χ2n) is 4.49. The van der Waals surface area contributed by atoms with Crippen LogP contribution in [0.1, 0.15) is 44.7 Å². The van der Waals surface area contributed by atoms with E-state index in [-0.39, 0.29) is 6.10 Å². The van der Waals surface area contributed by atoms with Crippen molar-refractivity contribution in [3.8, 4) is 6.08 Å². The Morgan fingerprint density at radius 3 is 3.12 bits per heavy atom. The molecule has 4 heteroatoms. The number of rotatable bonds is 4. The maximum atomic E-state index is 5.74. The van der Waals surface area contributed by atoms with Gasteiger partial charge in [-0.05, 0) is 25.2 Å². The van der Waals surface area contributed by atoms with Gasteiger partial charge in [-0.1, -0.05) is 19.8 Å². The second kappa shape index (κ2) is 5.34. The summed E-state index contributed by atoms with van der Waals surface area (Å²) in [6, 6.07) is 0. The highest BCUT2D eigenvalue weighted by Crippen LogP contribution is 2.29. The zero-order chi connectivity index (χ0) is 11.4. The molecule has 1 heterocycles. The zero-order valence-corrected chi connectivity index (χ0v) is 9.82. The van der Waals surface area contributed by atoms with Crippen molar-refractivity contribution < 1.29 is 9.15 Å². The summed E-state index contributed by atoms with van der Waals surface area (Å²) in [7, 11) is 0. The van der Waals surface area contributed by atoms with E-state index in [1.807, 2.05) is 0 Å². The van der Waals surface area contributed by atoms with E-state index in [1.165, 1.54) is 19.3 Å². The van der Waals surface area contributed by atoms with Gasteiger partial charge in [-0.25, -0.2) is 0 Å². The zero-order valence-electron chi connectivity index (χ0n) is 9.82. The van der Waals surface area contributed by atoms with Gasteiger partial charge in [-0.3, -0.25) is 0 Å². The van der Waals surface area contributed by atoms with E-state index in [1.54, 1.807) is 6.26 Å². The monoisotopic (exact) mass is 224 g/mol. The minimum Gasteiger partial charge on any atom is -0.447 e. The van der Waals surface area contributed by atoms with Crippen LogP contribution < -0.4 is 10.5 Å². The highest BCUT2D eigenvalue weighted by molar-refractivity contribution is 4.99. The Morgan fingerprint density at radius 2 is 2.44 bits per heavy atom. The fourth-order valence-electron chi connectivity index (χ4n) is 2.30. The highest BCUT2D eigenvalue weighted by Gasteiger charge is 2.23. The number of nitrogens with zero attached hydrogens (tertiary/aromatic N) is 1. The van der Waals surface area contributed by atoms with Gasteiger partial charge in [0.1, 0.15) is 12.4 Å². The molecule has 2 atom stereocenters. The Kier molecular flexibility index (Phi) is 3.83. The van der Waals surface area contributed by atoms with Crippen molar-refractivity contribution in [3.63, 3.8) is 0 Å². The molecule has 0 aromatic carbocycles. The number of nitrogens with two attached hydrogens (primary N) is 1. The van der Waals surface area contributed by atoms with Gasteiger partial charge in [0.15, 0.2) is 0 Å². The molecule has 1 aliphatic rings. The first-order valence-corrected chi connectivity index (χ1v) is 6.13. The minimum atomic E-state index is 0.267. The minimum absolute atomic E-state index is 0.267. The van der Waals surface area contributed by atoms with Crippen LogP contribution in [0.2, 0.25) is 0 Å². The number of aromatic nitrogens is 1. The Hall–Kier alpha value is -1.03. The van der Waals surface area contributed by atoms with E-state index in [4.69, 9.17) is 14.9 Å². The largest absolute Gasteiger partial charge is 0.447 e. The first-order chi connectivity index (χ1) is 7.81. The molecule has 4 nitrogen and oxygen atoms in total. The van der Waals surface area contributed by atoms with E-state index >= 15 is 0 Å². The molecular weight excluding hydrogens is 204 g/mol. The Labute approximate surface area is 96.2 Å². The Balaban J connectivity index is 1.88. The first-order valence-electron chi connectivity index (χ1n) is 6.13. The quantitative estimate of drug-likeness (QED) is 0.853. The molecule has 2 unspecified atom stereocenters. The molecule has 1 aromatic heterocycles. The Morgan fingerprint density at radius 1 is 1.56 bits per heavy atom. The third-order valence-electron chi connectivity index (χ3n) is 3.32. The predicted molar refractivity (Wildman–Crippen MR) is 61.1 cm³/mol. The molecular formula is C12H20N2O2. The van der Waals surface area contributed by atoms with Crippen molar-refractivity contribution in [2.24, 2.45) is 11.7 Å². The van der Waals surface area contributed by atoms with Gasteiger partial charge in [-0.15, -0.1) is 0 Å². The SMILES string of the molecule is CCC1CCCC(Oc2nc(CN)co2)C1. The van der Waals surface area contributed by atoms with Crippen LogP contribution in [0.4, 0.5) is 0 Å². The summed E-state index contributed by atoms with van der Waals surface area (Å²) >= 11 is 0. The van der Waals surface area contributed by atoms with Crippen LogP contribution in [-0.4, -0.2) is 11.1 Å². The molecule has 90 valence electrons. The van der Waals surface area contributed by atoms with Gasteiger partial charge in [0, 0.05) is 6.54 Å². The molecule has 1 saturated carbocycles. The summed E-state index contributed by atoms with van der Waals surface area (Å²) in [6.07, 6.45) is 8.25. The van der Waals surface area contributed by atoms with Crippen LogP contribution in [0, 0.1) is 5.92 Å². The normalized spacial score (nSPS) is 25.6. The third kappa shape index (κ3) is 2.76. The molecule has 2 rings (SSSR count). The predicted octanol–water partition coefficient (Wildman–Crippen LogP) is 2.48. The summed E-state index contributed by atoms with van der Waals surface area (Å²) in [5.41, 5.74) is 6.21. The van der Waals surface area contributed by atoms with Crippen molar-refractivity contribution in [3.05, 3.63) is 12.0 Å². The molecule has 2 N–H and O–H groups in total. The van der Waals surface area contributed by atoms with Gasteiger partial charge in [-0.2, -0.15) is 4.98 Å². The summed E-state index contributed by atoms with van der Waals surface area (Å²) in [4.78, 5) is 4.16. The number of hydrogen-bond acceptors (Lipinski definition) is 4. The lowest BCUT2D eigenvalue weighted by molar-refractivity contribution is 0.0887. The van der Waals surface area contributed by atoms with Crippen molar-refractivity contribution in [1.82, 2.24) is 4.98 Å². The van der Waals surface area contributed by atoms with Crippen LogP contribution >= 0.6 is 0 Å². The summed E-state index contributed by atoms with van der Waals surface area (Å²) in [5, 5.41) is 0. The van der Waals surface area contributed by atoms with E-state index < -0.39 is 0 Å². The Bertz CT molecular complexity index is 325. The smallest absolute Gasteiger partial charge is 0.394 e. The van der Waals surface area contributed by atoms with E-state index in [9.17, 15) is 0 Å². The summed E-state index contributed by atoms with van der Waals surface area (Å²) in [6.45, 7) is 2.64. The molecule has 0 spiro atoms. The molecule has 0 aliphatic heterocycles. The van der Waals surface area contributed by atoms with Crippen LogP contribution in [0.15, 0.2) is 10.7 Å². The molecule has 0 radical (unpaired) electrons. The average Bonchev–Trinajstić information content (AvgIpc) is 2.77. The molecule has 16 heavy (non-hydrogen) atoms. The molecule has 1 fully saturated rings. The first kappa shape index (κ1) is 11.5. The van der Waals surface area contributed by atoms with Gasteiger partial charge < -0.3 is 14.9 Å². The van der Waals surface area contributed by atoms with Gasteiger partial charge >= 0.3 is 6.08 Å². The van der Waals surface area contributed by atoms with Gasteiger partial charge in [0.25, 0.3) is 0 Å². The molecule has 1 aromatic rings. The van der Waals surface area contributed by atoms with E-state index in [2.05, 4.69) is 11.9 Å². The second-order valence-corrected chi connectivity index (χ2v) is 4.49. The lowest BCUT2D eigenvalue weighted by Crippen LogP contribution is -2.25. The standard InChI is InChI=1S/C12H20N2O2/c1-2-9-4-3-5-11(6-9)16-12-14-10(7-13)8-15-12/h8-9,11H,2-7,13H2,1H3. The number of hydrogen-bond donors (Lipinski definition) is 1. The van der Waals surface area contributed by atoms with Crippen molar-refractivity contribution in [2.45, 2.75) is 51.7 Å². The topological polar surface area (TPSA) is 61.3 Å². The maximum absolute atomic E-state index is 5.74. The van der Waals surface area contributed by atoms with Gasteiger partial charge in [0.05, 0.1) is 5.69 Å². The van der Waals surface area contributed by atoms with E-state index in [0.29, 0.717) is 12.6 Å². The van der Waals surface area contributed by atoms with Crippen molar-refractivity contribution in [2.75, 3.05) is 0 Å². The molecule has 0 saturated heterocycles. The van der Waals surface area contributed by atoms with Crippen molar-refractivity contribution in [1.29, 1.82) is 0 Å². The third-order valence-corrected chi connectivity index (χ3v) is 3.32. The van der Waals surface area contributed by atoms with E-state index in [0.717, 1.165) is 24.5 Å². The lowest BCUT2D eigenvalue weighted by atomic mass is 9.86. The van der Waals surface area contributed by atoms with Gasteiger partial charge in [0.2, 0.25) is 0 Å². The average molecular weight is 224 g/mol. The van der Waals surface area contributed by atoms with Crippen LogP contribution in [0.25, 0.3) is 0 Å². The lowest BCUT2D eigenvalue weighted by Gasteiger charge is -2.27. The summed E-state index contributed by atoms with van der Waals surface area (Å²) < 4.78 is 11.0. The fraction of sp³-hybridized carbons (Fsp3) is 0.750. The molecule has 0 bridgehead atoms. The fourth-order valence-corrected chi connectivity index (χ4v) is 2.30. The molecule has 0 amide bonds.